The Morgan fingerprint density at radius 3 is 1.88 bits per heavy atom. The van der Waals surface area contributed by atoms with Gasteiger partial charge >= 0.3 is 0 Å². The van der Waals surface area contributed by atoms with Crippen molar-refractivity contribution in [2.75, 3.05) is 6.16 Å². The molecule has 0 heterocycles. The summed E-state index contributed by atoms with van der Waals surface area (Å²) in [7, 11) is 1.52. The van der Waals surface area contributed by atoms with Gasteiger partial charge in [-0.15, -0.1) is 0 Å². The van der Waals surface area contributed by atoms with Crippen LogP contribution in [0.2, 0.25) is 0 Å². The van der Waals surface area contributed by atoms with E-state index in [1.807, 2.05) is 0 Å². The van der Waals surface area contributed by atoms with Crippen molar-refractivity contribution in [2.24, 2.45) is 0 Å². The van der Waals surface area contributed by atoms with Gasteiger partial charge in [-0.25, -0.2) is 0 Å². The summed E-state index contributed by atoms with van der Waals surface area (Å²) in [5.41, 5.74) is 2.89. The third kappa shape index (κ3) is 3.79. The highest BCUT2D eigenvalue weighted by Gasteiger charge is 1.94. The van der Waals surface area contributed by atoms with Crippen LogP contribution in [-0.4, -0.2) is 6.16 Å². The van der Waals surface area contributed by atoms with E-state index < -0.39 is 0 Å². The first-order valence-electron chi connectivity index (χ1n) is 5.66. The van der Waals surface area contributed by atoms with Gasteiger partial charge in [-0.05, 0) is 29.9 Å². The number of hydrogen-bond donors (Lipinski definition) is 0. The van der Waals surface area contributed by atoms with Gasteiger partial charge in [0.2, 0.25) is 0 Å². The van der Waals surface area contributed by atoms with E-state index in [2.05, 4.69) is 60.7 Å². The third-order valence-electron chi connectivity index (χ3n) is 2.54. The van der Waals surface area contributed by atoms with E-state index in [9.17, 15) is 0 Å². The van der Waals surface area contributed by atoms with Crippen LogP contribution in [0.1, 0.15) is 11.1 Å². The van der Waals surface area contributed by atoms with E-state index in [0.717, 1.165) is 0 Å². The minimum absolute atomic E-state index is 1.17. The molecule has 0 amide bonds. The molecule has 0 nitrogen and oxygen atoms in total. The van der Waals surface area contributed by atoms with Gasteiger partial charge in [0.1, 0.15) is 0 Å². The lowest BCUT2D eigenvalue weighted by Crippen LogP contribution is -1.87. The Balaban J connectivity index is 1.70. The van der Waals surface area contributed by atoms with Gasteiger partial charge in [-0.1, -0.05) is 69.2 Å². The summed E-state index contributed by atoms with van der Waals surface area (Å²) in [6, 6.07) is 21.4. The monoisotopic (exact) mass is 227 g/mol. The predicted molar refractivity (Wildman–Crippen MR) is 72.1 cm³/mol. The molecule has 16 heavy (non-hydrogen) atoms. The standard InChI is InChI=1S/C15H16P/c1-3-7-14(8-4-1)11-12-16-13-15-9-5-2-6-10-15/h1-10H,11-13H2. The molecular weight excluding hydrogens is 211 g/mol. The minimum Gasteiger partial charge on any atom is -0.0758 e. The van der Waals surface area contributed by atoms with Crippen molar-refractivity contribution in [3.63, 3.8) is 0 Å². The average Bonchev–Trinajstić information content (AvgIpc) is 2.37. The first kappa shape index (κ1) is 11.4. The predicted octanol–water partition coefficient (Wildman–Crippen LogP) is 4.38. The quantitative estimate of drug-likeness (QED) is 0.525. The zero-order valence-corrected chi connectivity index (χ0v) is 10.2. The number of aryl methyl sites for hydroxylation is 1. The molecule has 0 aromatic heterocycles. The third-order valence-corrected chi connectivity index (χ3v) is 3.67. The fraction of sp³-hybridized carbons (Fsp3) is 0.200. The molecule has 1 heteroatoms. The largest absolute Gasteiger partial charge is 0.0758 e. The number of hydrogen-bond acceptors (Lipinski definition) is 0. The molecule has 0 N–H and O–H groups in total. The molecule has 0 aliphatic rings. The molecule has 2 aromatic carbocycles. The summed E-state index contributed by atoms with van der Waals surface area (Å²) < 4.78 is 0. The summed E-state index contributed by atoms with van der Waals surface area (Å²) in [6.45, 7) is 0. The molecule has 0 aliphatic carbocycles. The van der Waals surface area contributed by atoms with Gasteiger partial charge in [0.15, 0.2) is 0 Å². The Kier molecular flexibility index (Phi) is 4.58. The van der Waals surface area contributed by atoms with Crippen molar-refractivity contribution in [1.82, 2.24) is 0 Å². The fourth-order valence-electron chi connectivity index (χ4n) is 1.64. The summed E-state index contributed by atoms with van der Waals surface area (Å²) in [5.74, 6) is 0. The summed E-state index contributed by atoms with van der Waals surface area (Å²) >= 11 is 0. The van der Waals surface area contributed by atoms with Crippen LogP contribution in [0.5, 0.6) is 0 Å². The lowest BCUT2D eigenvalue weighted by atomic mass is 10.2. The Morgan fingerprint density at radius 1 is 0.688 bits per heavy atom. The maximum absolute atomic E-state index is 2.21. The van der Waals surface area contributed by atoms with Crippen LogP contribution in [0.15, 0.2) is 60.7 Å². The van der Waals surface area contributed by atoms with Crippen molar-refractivity contribution in [2.45, 2.75) is 12.6 Å². The van der Waals surface area contributed by atoms with E-state index in [0.29, 0.717) is 0 Å². The van der Waals surface area contributed by atoms with Crippen LogP contribution in [-0.2, 0) is 12.6 Å². The van der Waals surface area contributed by atoms with E-state index in [4.69, 9.17) is 0 Å². The lowest BCUT2D eigenvalue weighted by molar-refractivity contribution is 1.15. The highest BCUT2D eigenvalue weighted by molar-refractivity contribution is 7.37. The maximum Gasteiger partial charge on any atom is -0.00341 e. The molecule has 1 radical (unpaired) electrons. The molecule has 0 saturated carbocycles. The van der Waals surface area contributed by atoms with E-state index in [1.54, 1.807) is 0 Å². The smallest absolute Gasteiger partial charge is 0.00341 e. The van der Waals surface area contributed by atoms with Crippen LogP contribution >= 0.6 is 8.58 Å². The summed E-state index contributed by atoms with van der Waals surface area (Å²) in [6.07, 6.45) is 3.61. The molecule has 2 rings (SSSR count). The number of rotatable bonds is 5. The summed E-state index contributed by atoms with van der Waals surface area (Å²) in [4.78, 5) is 0. The topological polar surface area (TPSA) is 0 Å². The Morgan fingerprint density at radius 2 is 1.25 bits per heavy atom. The zero-order chi connectivity index (χ0) is 11.1. The first-order chi connectivity index (χ1) is 7.95. The fourth-order valence-corrected chi connectivity index (χ4v) is 2.69. The molecule has 0 spiro atoms. The summed E-state index contributed by atoms with van der Waals surface area (Å²) in [5, 5.41) is 0. The van der Waals surface area contributed by atoms with Crippen molar-refractivity contribution in [3.05, 3.63) is 71.8 Å². The van der Waals surface area contributed by atoms with Crippen molar-refractivity contribution in [1.29, 1.82) is 0 Å². The molecule has 0 atom stereocenters. The van der Waals surface area contributed by atoms with Crippen LogP contribution in [0.4, 0.5) is 0 Å². The molecule has 0 fully saturated rings. The van der Waals surface area contributed by atoms with E-state index in [1.165, 1.54) is 38.5 Å². The second kappa shape index (κ2) is 6.45. The average molecular weight is 227 g/mol. The molecular formula is C15H16P. The van der Waals surface area contributed by atoms with Crippen LogP contribution < -0.4 is 0 Å². The van der Waals surface area contributed by atoms with Crippen LogP contribution in [0, 0.1) is 0 Å². The van der Waals surface area contributed by atoms with Gasteiger partial charge in [-0.3, -0.25) is 0 Å². The normalized spacial score (nSPS) is 11.0. The molecule has 81 valence electrons. The maximum atomic E-state index is 2.21. The van der Waals surface area contributed by atoms with E-state index in [-0.39, 0.29) is 0 Å². The first-order valence-corrected chi connectivity index (χ1v) is 6.93. The van der Waals surface area contributed by atoms with Gasteiger partial charge in [0, 0.05) is 0 Å². The van der Waals surface area contributed by atoms with Crippen LogP contribution in [0.25, 0.3) is 0 Å². The van der Waals surface area contributed by atoms with Gasteiger partial charge in [0.25, 0.3) is 0 Å². The van der Waals surface area contributed by atoms with E-state index >= 15 is 0 Å². The van der Waals surface area contributed by atoms with Crippen molar-refractivity contribution in [3.8, 4) is 0 Å². The minimum atomic E-state index is 1.17. The highest BCUT2D eigenvalue weighted by atomic mass is 31.1. The lowest BCUT2D eigenvalue weighted by Gasteiger charge is -2.01. The molecule has 0 bridgehead atoms. The molecule has 2 aromatic rings. The molecule has 0 aliphatic heterocycles. The Labute approximate surface area is 99.5 Å². The zero-order valence-electron chi connectivity index (χ0n) is 9.34. The van der Waals surface area contributed by atoms with Crippen molar-refractivity contribution >= 4 is 8.58 Å². The van der Waals surface area contributed by atoms with Gasteiger partial charge < -0.3 is 0 Å². The van der Waals surface area contributed by atoms with Crippen molar-refractivity contribution < 1.29 is 0 Å². The van der Waals surface area contributed by atoms with Crippen LogP contribution in [0.3, 0.4) is 0 Å². The molecule has 0 unspecified atom stereocenters. The van der Waals surface area contributed by atoms with Gasteiger partial charge in [-0.2, -0.15) is 0 Å². The Bertz CT molecular complexity index is 353. The molecule has 0 saturated heterocycles. The van der Waals surface area contributed by atoms with Gasteiger partial charge in [0.05, 0.1) is 0 Å². The SMILES string of the molecule is c1ccc(CC[P]Cc2ccccc2)cc1. The number of benzene rings is 2. The Hall–Kier alpha value is -1.13. The second-order valence-electron chi connectivity index (χ2n) is 3.83. The highest BCUT2D eigenvalue weighted by Crippen LogP contribution is 2.19. The second-order valence-corrected chi connectivity index (χ2v) is 5.04.